The van der Waals surface area contributed by atoms with Gasteiger partial charge in [0.15, 0.2) is 0 Å². The van der Waals surface area contributed by atoms with Crippen LogP contribution in [0.1, 0.15) is 39.0 Å². The summed E-state index contributed by atoms with van der Waals surface area (Å²) in [5.41, 5.74) is 1.48. The fourth-order valence-corrected chi connectivity index (χ4v) is 4.39. The van der Waals surface area contributed by atoms with Crippen molar-refractivity contribution >= 4 is 33.2 Å². The van der Waals surface area contributed by atoms with E-state index >= 15 is 0 Å². The Kier molecular flexibility index (Phi) is 4.30. The standard InChI is InChI=1S/C16H22BrClN2/c1-12-10-19-16(7-3-2-4-8-16)11-20(12)15-6-5-13(17)9-14(15)18/h5-6,9,12,19H,2-4,7-8,10-11H2,1H3. The van der Waals surface area contributed by atoms with E-state index in [9.17, 15) is 0 Å². The molecule has 1 aromatic rings. The van der Waals surface area contributed by atoms with Crippen molar-refractivity contribution in [1.82, 2.24) is 5.32 Å². The fraction of sp³-hybridized carbons (Fsp3) is 0.625. The lowest BCUT2D eigenvalue weighted by molar-refractivity contribution is 0.200. The molecule has 2 aliphatic rings. The third-order valence-corrected chi connectivity index (χ3v) is 5.60. The van der Waals surface area contributed by atoms with E-state index < -0.39 is 0 Å². The van der Waals surface area contributed by atoms with Crippen LogP contribution in [0.3, 0.4) is 0 Å². The second kappa shape index (κ2) is 5.86. The maximum Gasteiger partial charge on any atom is 0.0650 e. The van der Waals surface area contributed by atoms with Crippen molar-refractivity contribution in [2.75, 3.05) is 18.0 Å². The molecule has 0 bridgehead atoms. The molecule has 4 heteroatoms. The molecule has 20 heavy (non-hydrogen) atoms. The Hall–Kier alpha value is -0.250. The molecule has 110 valence electrons. The average Bonchev–Trinajstić information content (AvgIpc) is 2.43. The molecule has 1 saturated heterocycles. The lowest BCUT2D eigenvalue weighted by atomic mass is 9.79. The molecule has 0 radical (unpaired) electrons. The highest BCUT2D eigenvalue weighted by molar-refractivity contribution is 9.10. The first-order chi connectivity index (χ1) is 9.60. The normalized spacial score (nSPS) is 25.9. The smallest absolute Gasteiger partial charge is 0.0650 e. The molecule has 3 rings (SSSR count). The first-order valence-corrected chi connectivity index (χ1v) is 8.73. The predicted octanol–water partition coefficient (Wildman–Crippen LogP) is 4.60. The molecule has 1 aliphatic carbocycles. The van der Waals surface area contributed by atoms with Crippen LogP contribution in [0, 0.1) is 0 Å². The number of halogens is 2. The molecular formula is C16H22BrClN2. The predicted molar refractivity (Wildman–Crippen MR) is 89.8 cm³/mol. The molecule has 1 saturated carbocycles. The third kappa shape index (κ3) is 2.86. The van der Waals surface area contributed by atoms with Crippen molar-refractivity contribution < 1.29 is 0 Å². The first-order valence-electron chi connectivity index (χ1n) is 7.56. The Morgan fingerprint density at radius 1 is 1.30 bits per heavy atom. The zero-order valence-corrected chi connectivity index (χ0v) is 14.3. The van der Waals surface area contributed by atoms with E-state index in [1.54, 1.807) is 0 Å². The molecule has 2 nitrogen and oxygen atoms in total. The highest BCUT2D eigenvalue weighted by atomic mass is 79.9. The first kappa shape index (κ1) is 14.7. The van der Waals surface area contributed by atoms with Crippen LogP contribution in [0.2, 0.25) is 5.02 Å². The Morgan fingerprint density at radius 2 is 2.05 bits per heavy atom. The van der Waals surface area contributed by atoms with E-state index in [4.69, 9.17) is 11.6 Å². The quantitative estimate of drug-likeness (QED) is 0.790. The van der Waals surface area contributed by atoms with Crippen LogP contribution in [-0.4, -0.2) is 24.7 Å². The maximum atomic E-state index is 6.46. The van der Waals surface area contributed by atoms with Gasteiger partial charge in [0.1, 0.15) is 0 Å². The van der Waals surface area contributed by atoms with Crippen LogP contribution in [0.25, 0.3) is 0 Å². The maximum absolute atomic E-state index is 6.46. The van der Waals surface area contributed by atoms with Gasteiger partial charge < -0.3 is 10.2 Å². The van der Waals surface area contributed by atoms with E-state index in [-0.39, 0.29) is 0 Å². The largest absolute Gasteiger partial charge is 0.364 e. The van der Waals surface area contributed by atoms with Gasteiger partial charge in [0.05, 0.1) is 10.7 Å². The van der Waals surface area contributed by atoms with Crippen LogP contribution >= 0.6 is 27.5 Å². The van der Waals surface area contributed by atoms with Crippen LogP contribution in [0.4, 0.5) is 5.69 Å². The highest BCUT2D eigenvalue weighted by Crippen LogP contribution is 2.37. The van der Waals surface area contributed by atoms with Gasteiger partial charge in [0.2, 0.25) is 0 Å². The van der Waals surface area contributed by atoms with Crippen molar-refractivity contribution in [3.63, 3.8) is 0 Å². The van der Waals surface area contributed by atoms with Crippen molar-refractivity contribution in [2.45, 2.75) is 50.6 Å². The van der Waals surface area contributed by atoms with Crippen LogP contribution in [0.15, 0.2) is 22.7 Å². The molecule has 1 aromatic carbocycles. The van der Waals surface area contributed by atoms with Crippen molar-refractivity contribution in [1.29, 1.82) is 0 Å². The zero-order valence-electron chi connectivity index (χ0n) is 12.0. The SMILES string of the molecule is CC1CNC2(CCCCC2)CN1c1ccc(Br)cc1Cl. The van der Waals surface area contributed by atoms with Gasteiger partial charge in [-0.15, -0.1) is 0 Å². The van der Waals surface area contributed by atoms with Gasteiger partial charge in [-0.3, -0.25) is 0 Å². The minimum absolute atomic E-state index is 0.307. The van der Waals surface area contributed by atoms with E-state index in [0.29, 0.717) is 11.6 Å². The van der Waals surface area contributed by atoms with Gasteiger partial charge in [-0.25, -0.2) is 0 Å². The summed E-state index contributed by atoms with van der Waals surface area (Å²) in [6, 6.07) is 6.72. The van der Waals surface area contributed by atoms with E-state index in [1.807, 2.05) is 6.07 Å². The zero-order chi connectivity index (χ0) is 14.2. The van der Waals surface area contributed by atoms with Gasteiger partial charge in [-0.1, -0.05) is 46.8 Å². The summed E-state index contributed by atoms with van der Waals surface area (Å²) in [4.78, 5) is 2.50. The minimum atomic E-state index is 0.307. The van der Waals surface area contributed by atoms with Gasteiger partial charge in [0, 0.05) is 29.1 Å². The number of piperazine rings is 1. The Labute approximate surface area is 135 Å². The number of hydrogen-bond donors (Lipinski definition) is 1. The second-order valence-electron chi connectivity index (χ2n) is 6.29. The molecule has 1 N–H and O–H groups in total. The third-order valence-electron chi connectivity index (χ3n) is 4.81. The van der Waals surface area contributed by atoms with Crippen molar-refractivity contribution in [3.8, 4) is 0 Å². The summed E-state index contributed by atoms with van der Waals surface area (Å²) in [6.07, 6.45) is 6.68. The van der Waals surface area contributed by atoms with Gasteiger partial charge in [-0.05, 0) is 38.0 Å². The monoisotopic (exact) mass is 356 g/mol. The number of benzene rings is 1. The molecule has 1 spiro atoms. The highest BCUT2D eigenvalue weighted by Gasteiger charge is 2.39. The summed E-state index contributed by atoms with van der Waals surface area (Å²) in [5, 5.41) is 4.67. The fourth-order valence-electron chi connectivity index (χ4n) is 3.61. The lowest BCUT2D eigenvalue weighted by Crippen LogP contribution is -2.64. The summed E-state index contributed by atoms with van der Waals surface area (Å²) < 4.78 is 1.04. The number of nitrogens with one attached hydrogen (secondary N) is 1. The molecule has 1 atom stereocenters. The molecule has 1 unspecified atom stereocenters. The Balaban J connectivity index is 1.86. The van der Waals surface area contributed by atoms with Crippen LogP contribution in [-0.2, 0) is 0 Å². The molecule has 1 heterocycles. The van der Waals surface area contributed by atoms with Gasteiger partial charge >= 0.3 is 0 Å². The van der Waals surface area contributed by atoms with E-state index in [2.05, 4.69) is 45.2 Å². The molecule has 0 amide bonds. The number of rotatable bonds is 1. The van der Waals surface area contributed by atoms with E-state index in [0.717, 1.165) is 22.6 Å². The molecule has 1 aliphatic heterocycles. The lowest BCUT2D eigenvalue weighted by Gasteiger charge is -2.50. The number of nitrogens with zero attached hydrogens (tertiary/aromatic N) is 1. The number of hydrogen-bond acceptors (Lipinski definition) is 2. The molecular weight excluding hydrogens is 336 g/mol. The second-order valence-corrected chi connectivity index (χ2v) is 7.62. The van der Waals surface area contributed by atoms with Gasteiger partial charge in [0.25, 0.3) is 0 Å². The summed E-state index contributed by atoms with van der Waals surface area (Å²) in [6.45, 7) is 4.41. The van der Waals surface area contributed by atoms with Crippen LogP contribution < -0.4 is 10.2 Å². The summed E-state index contributed by atoms with van der Waals surface area (Å²) >= 11 is 9.95. The minimum Gasteiger partial charge on any atom is -0.364 e. The van der Waals surface area contributed by atoms with Gasteiger partial charge in [-0.2, -0.15) is 0 Å². The van der Waals surface area contributed by atoms with E-state index in [1.165, 1.54) is 37.8 Å². The van der Waals surface area contributed by atoms with Crippen molar-refractivity contribution in [2.24, 2.45) is 0 Å². The Bertz CT molecular complexity index is 485. The summed E-state index contributed by atoms with van der Waals surface area (Å²) in [7, 11) is 0. The Morgan fingerprint density at radius 3 is 2.75 bits per heavy atom. The van der Waals surface area contributed by atoms with Crippen LogP contribution in [0.5, 0.6) is 0 Å². The summed E-state index contributed by atoms with van der Waals surface area (Å²) in [5.74, 6) is 0. The number of anilines is 1. The average molecular weight is 358 g/mol. The topological polar surface area (TPSA) is 15.3 Å². The molecule has 0 aromatic heterocycles. The molecule has 2 fully saturated rings. The van der Waals surface area contributed by atoms with Crippen molar-refractivity contribution in [3.05, 3.63) is 27.7 Å².